The van der Waals surface area contributed by atoms with Gasteiger partial charge in [-0.1, -0.05) is 6.42 Å². The zero-order valence-electron chi connectivity index (χ0n) is 11.9. The molecule has 1 aromatic heterocycles. The number of nitrogens with zero attached hydrogens (tertiary/aromatic N) is 4. The van der Waals surface area contributed by atoms with Crippen LogP contribution in [0.2, 0.25) is 0 Å². The molecular formula is C15H24N4. The van der Waals surface area contributed by atoms with Gasteiger partial charge in [-0.05, 0) is 51.8 Å². The molecule has 4 heteroatoms. The minimum absolute atomic E-state index is 0.611. The number of hydrogen-bond acceptors (Lipinski definition) is 4. The van der Waals surface area contributed by atoms with Crippen molar-refractivity contribution in [1.82, 2.24) is 14.9 Å². The standard InChI is InChI=1S/C15H24N4/c1-13-7-8-16-15(17-13)19-11-5-6-14(19)12-18-9-3-2-4-10-18/h7-8,14H,2-6,9-12H2,1H3/t14-/m1/s1. The topological polar surface area (TPSA) is 32.3 Å². The maximum absolute atomic E-state index is 4.59. The molecule has 0 radical (unpaired) electrons. The first kappa shape index (κ1) is 12.9. The van der Waals surface area contributed by atoms with Gasteiger partial charge in [0, 0.05) is 31.0 Å². The van der Waals surface area contributed by atoms with Gasteiger partial charge in [0.15, 0.2) is 0 Å². The van der Waals surface area contributed by atoms with Crippen molar-refractivity contribution in [2.75, 3.05) is 31.1 Å². The SMILES string of the molecule is Cc1ccnc(N2CCC[C@@H]2CN2CCCCC2)n1. The molecule has 2 saturated heterocycles. The van der Waals surface area contributed by atoms with Gasteiger partial charge in [0.05, 0.1) is 0 Å². The fourth-order valence-corrected chi connectivity index (χ4v) is 3.30. The molecule has 2 aliphatic heterocycles. The van der Waals surface area contributed by atoms with Crippen molar-refractivity contribution in [2.24, 2.45) is 0 Å². The number of anilines is 1. The lowest BCUT2D eigenvalue weighted by Crippen LogP contribution is -2.43. The molecule has 1 aromatic rings. The quantitative estimate of drug-likeness (QED) is 0.834. The lowest BCUT2D eigenvalue weighted by atomic mass is 10.1. The van der Waals surface area contributed by atoms with Crippen molar-refractivity contribution in [3.05, 3.63) is 18.0 Å². The third-order valence-electron chi connectivity index (χ3n) is 4.33. The second kappa shape index (κ2) is 5.87. The molecule has 19 heavy (non-hydrogen) atoms. The summed E-state index contributed by atoms with van der Waals surface area (Å²) in [5.74, 6) is 0.930. The first-order valence-corrected chi connectivity index (χ1v) is 7.61. The summed E-state index contributed by atoms with van der Waals surface area (Å²) in [6.07, 6.45) is 8.59. The van der Waals surface area contributed by atoms with Crippen molar-refractivity contribution in [3.63, 3.8) is 0 Å². The van der Waals surface area contributed by atoms with E-state index in [1.807, 2.05) is 19.2 Å². The lowest BCUT2D eigenvalue weighted by Gasteiger charge is -2.33. The molecule has 0 spiro atoms. The molecular weight excluding hydrogens is 236 g/mol. The van der Waals surface area contributed by atoms with Crippen LogP contribution in [0.25, 0.3) is 0 Å². The van der Waals surface area contributed by atoms with Gasteiger partial charge in [0.2, 0.25) is 5.95 Å². The van der Waals surface area contributed by atoms with Gasteiger partial charge in [-0.2, -0.15) is 0 Å². The van der Waals surface area contributed by atoms with Crippen molar-refractivity contribution < 1.29 is 0 Å². The highest BCUT2D eigenvalue weighted by Crippen LogP contribution is 2.24. The van der Waals surface area contributed by atoms with Gasteiger partial charge >= 0.3 is 0 Å². The van der Waals surface area contributed by atoms with Crippen LogP contribution in [0.1, 0.15) is 37.8 Å². The highest BCUT2D eigenvalue weighted by molar-refractivity contribution is 5.33. The van der Waals surface area contributed by atoms with E-state index < -0.39 is 0 Å². The molecule has 3 heterocycles. The molecule has 1 atom stereocenters. The van der Waals surface area contributed by atoms with Crippen molar-refractivity contribution in [3.8, 4) is 0 Å². The number of rotatable bonds is 3. The predicted molar refractivity (Wildman–Crippen MR) is 77.4 cm³/mol. The number of hydrogen-bond donors (Lipinski definition) is 0. The molecule has 0 amide bonds. The van der Waals surface area contributed by atoms with Crippen LogP contribution in [-0.4, -0.2) is 47.1 Å². The summed E-state index contributed by atoms with van der Waals surface area (Å²) in [5, 5.41) is 0. The lowest BCUT2D eigenvalue weighted by molar-refractivity contribution is 0.216. The third-order valence-corrected chi connectivity index (χ3v) is 4.33. The largest absolute Gasteiger partial charge is 0.337 e. The Hall–Kier alpha value is -1.16. The van der Waals surface area contributed by atoms with Crippen LogP contribution >= 0.6 is 0 Å². The van der Waals surface area contributed by atoms with Gasteiger partial charge in [0.1, 0.15) is 0 Å². The number of aryl methyl sites for hydroxylation is 1. The Balaban J connectivity index is 1.67. The zero-order chi connectivity index (χ0) is 13.1. The van der Waals surface area contributed by atoms with Crippen LogP contribution in [0.15, 0.2) is 12.3 Å². The van der Waals surface area contributed by atoms with E-state index in [0.717, 1.165) is 18.2 Å². The highest BCUT2D eigenvalue weighted by atomic mass is 15.3. The number of likely N-dealkylation sites (tertiary alicyclic amines) is 1. The Morgan fingerprint density at radius 2 is 2.00 bits per heavy atom. The van der Waals surface area contributed by atoms with E-state index in [1.54, 1.807) is 0 Å². The summed E-state index contributed by atoms with van der Waals surface area (Å²) in [6, 6.07) is 2.58. The summed E-state index contributed by atoms with van der Waals surface area (Å²) in [6.45, 7) is 6.90. The zero-order valence-corrected chi connectivity index (χ0v) is 11.9. The predicted octanol–water partition coefficient (Wildman–Crippen LogP) is 2.24. The first-order chi connectivity index (χ1) is 9.33. The molecule has 0 unspecified atom stereocenters. The Bertz CT molecular complexity index is 414. The average Bonchev–Trinajstić information content (AvgIpc) is 2.88. The van der Waals surface area contributed by atoms with Crippen molar-refractivity contribution in [2.45, 2.75) is 45.1 Å². The second-order valence-corrected chi connectivity index (χ2v) is 5.85. The van der Waals surface area contributed by atoms with E-state index in [1.165, 1.54) is 51.7 Å². The Morgan fingerprint density at radius 3 is 2.79 bits per heavy atom. The van der Waals surface area contributed by atoms with Crippen LogP contribution in [0.3, 0.4) is 0 Å². The first-order valence-electron chi connectivity index (χ1n) is 7.61. The van der Waals surface area contributed by atoms with Crippen molar-refractivity contribution in [1.29, 1.82) is 0 Å². The summed E-state index contributed by atoms with van der Waals surface area (Å²) in [4.78, 5) is 14.1. The average molecular weight is 260 g/mol. The monoisotopic (exact) mass is 260 g/mol. The molecule has 0 aliphatic carbocycles. The third kappa shape index (κ3) is 3.06. The van der Waals surface area contributed by atoms with Crippen LogP contribution in [0, 0.1) is 6.92 Å². The fourth-order valence-electron chi connectivity index (χ4n) is 3.30. The van der Waals surface area contributed by atoms with E-state index in [9.17, 15) is 0 Å². The van der Waals surface area contributed by atoms with Gasteiger partial charge in [0.25, 0.3) is 0 Å². The molecule has 0 N–H and O–H groups in total. The summed E-state index contributed by atoms with van der Waals surface area (Å²) >= 11 is 0. The van der Waals surface area contributed by atoms with Gasteiger partial charge in [-0.25, -0.2) is 9.97 Å². The van der Waals surface area contributed by atoms with Crippen molar-refractivity contribution >= 4 is 5.95 Å². The number of piperidine rings is 1. The highest BCUT2D eigenvalue weighted by Gasteiger charge is 2.28. The maximum atomic E-state index is 4.59. The molecule has 2 fully saturated rings. The Morgan fingerprint density at radius 1 is 1.16 bits per heavy atom. The molecule has 0 saturated carbocycles. The summed E-state index contributed by atoms with van der Waals surface area (Å²) in [5.41, 5.74) is 1.06. The molecule has 3 rings (SSSR count). The van der Waals surface area contributed by atoms with Crippen LogP contribution in [0.4, 0.5) is 5.95 Å². The van der Waals surface area contributed by atoms with Crippen LogP contribution in [0.5, 0.6) is 0 Å². The molecule has 104 valence electrons. The molecule has 4 nitrogen and oxygen atoms in total. The van der Waals surface area contributed by atoms with Gasteiger partial charge < -0.3 is 9.80 Å². The van der Waals surface area contributed by atoms with Gasteiger partial charge in [-0.3, -0.25) is 0 Å². The summed E-state index contributed by atoms with van der Waals surface area (Å²) < 4.78 is 0. The van der Waals surface area contributed by atoms with E-state index in [4.69, 9.17) is 0 Å². The molecule has 2 aliphatic rings. The number of aromatic nitrogens is 2. The molecule has 0 bridgehead atoms. The summed E-state index contributed by atoms with van der Waals surface area (Å²) in [7, 11) is 0. The minimum atomic E-state index is 0.611. The van der Waals surface area contributed by atoms with E-state index in [0.29, 0.717) is 6.04 Å². The maximum Gasteiger partial charge on any atom is 0.225 e. The second-order valence-electron chi connectivity index (χ2n) is 5.85. The minimum Gasteiger partial charge on any atom is -0.337 e. The van der Waals surface area contributed by atoms with Gasteiger partial charge in [-0.15, -0.1) is 0 Å². The smallest absolute Gasteiger partial charge is 0.225 e. The fraction of sp³-hybridized carbons (Fsp3) is 0.733. The Kier molecular flexibility index (Phi) is 3.97. The Labute approximate surface area is 115 Å². The van der Waals surface area contributed by atoms with E-state index >= 15 is 0 Å². The van der Waals surface area contributed by atoms with Crippen LogP contribution < -0.4 is 4.90 Å². The van der Waals surface area contributed by atoms with E-state index in [2.05, 4.69) is 19.8 Å². The molecule has 0 aromatic carbocycles. The van der Waals surface area contributed by atoms with Crippen LogP contribution in [-0.2, 0) is 0 Å². The van der Waals surface area contributed by atoms with E-state index in [-0.39, 0.29) is 0 Å². The normalized spacial score (nSPS) is 24.9.